The number of carbonyl (C=O) groups is 1. The van der Waals surface area contributed by atoms with Crippen LogP contribution in [0.2, 0.25) is 0 Å². The molecule has 148 valence electrons. The summed E-state index contributed by atoms with van der Waals surface area (Å²) in [6.07, 6.45) is 1.26. The fourth-order valence-electron chi connectivity index (χ4n) is 3.43. The Hall–Kier alpha value is -1.71. The summed E-state index contributed by atoms with van der Waals surface area (Å²) in [4.78, 5) is 12.7. The number of nitrogens with zero attached hydrogens (tertiary/aromatic N) is 3. The molecule has 0 bridgehead atoms. The van der Waals surface area contributed by atoms with Crippen LogP contribution in [-0.2, 0) is 21.4 Å². The van der Waals surface area contributed by atoms with Gasteiger partial charge in [-0.15, -0.1) is 11.3 Å². The summed E-state index contributed by atoms with van der Waals surface area (Å²) in [5.74, 6) is -0.0245. The number of hydrogen-bond donors (Lipinski definition) is 1. The fourth-order valence-corrected chi connectivity index (χ4v) is 6.20. The molecule has 0 spiro atoms. The van der Waals surface area contributed by atoms with Crippen molar-refractivity contribution in [3.05, 3.63) is 35.0 Å². The third-order valence-electron chi connectivity index (χ3n) is 4.78. The van der Waals surface area contributed by atoms with Crippen LogP contribution < -0.4 is 5.32 Å². The molecule has 1 N–H and O–H groups in total. The molecule has 7 nitrogen and oxygen atoms in total. The molecule has 2 aromatic heterocycles. The van der Waals surface area contributed by atoms with Crippen LogP contribution in [0.3, 0.4) is 0 Å². The maximum Gasteiger partial charge on any atom is 0.253 e. The second-order valence-electron chi connectivity index (χ2n) is 7.17. The summed E-state index contributed by atoms with van der Waals surface area (Å²) < 4.78 is 29.1. The van der Waals surface area contributed by atoms with E-state index in [9.17, 15) is 13.2 Å². The van der Waals surface area contributed by atoms with Crippen LogP contribution in [0.5, 0.6) is 0 Å². The predicted octanol–water partition coefficient (Wildman–Crippen LogP) is 2.17. The van der Waals surface area contributed by atoms with Crippen LogP contribution in [0, 0.1) is 19.8 Å². The molecule has 1 saturated heterocycles. The van der Waals surface area contributed by atoms with Crippen LogP contribution in [-0.4, -0.2) is 47.5 Å². The predicted molar refractivity (Wildman–Crippen MR) is 105 cm³/mol. The average Bonchev–Trinajstić information content (AvgIpc) is 3.34. The second-order valence-corrected chi connectivity index (χ2v) is 10.2. The largest absolute Gasteiger partial charge is 0.354 e. The summed E-state index contributed by atoms with van der Waals surface area (Å²) in [6.45, 7) is 7.60. The van der Waals surface area contributed by atoms with E-state index in [0.717, 1.165) is 11.4 Å². The van der Waals surface area contributed by atoms with E-state index in [0.29, 0.717) is 36.7 Å². The van der Waals surface area contributed by atoms with Crippen molar-refractivity contribution in [3.63, 3.8) is 0 Å². The molecule has 3 rings (SSSR count). The summed E-state index contributed by atoms with van der Waals surface area (Å²) in [7, 11) is -3.60. The van der Waals surface area contributed by atoms with Crippen molar-refractivity contribution in [2.75, 3.05) is 13.1 Å². The van der Waals surface area contributed by atoms with Gasteiger partial charge in [0.2, 0.25) is 5.91 Å². The van der Waals surface area contributed by atoms with E-state index in [1.165, 1.54) is 15.6 Å². The van der Waals surface area contributed by atoms with Gasteiger partial charge in [-0.05, 0) is 50.1 Å². The summed E-state index contributed by atoms with van der Waals surface area (Å²) >= 11 is 1.18. The van der Waals surface area contributed by atoms with Gasteiger partial charge in [0.15, 0.2) is 0 Å². The van der Waals surface area contributed by atoms with Crippen molar-refractivity contribution in [2.45, 2.75) is 50.4 Å². The molecule has 1 fully saturated rings. The van der Waals surface area contributed by atoms with Crippen LogP contribution in [0.15, 0.2) is 27.8 Å². The highest BCUT2D eigenvalue weighted by Gasteiger charge is 2.39. The first-order valence-corrected chi connectivity index (χ1v) is 11.4. The highest BCUT2D eigenvalue weighted by molar-refractivity contribution is 7.91. The lowest BCUT2D eigenvalue weighted by Crippen LogP contribution is -2.46. The summed E-state index contributed by atoms with van der Waals surface area (Å²) in [5.41, 5.74) is 2.07. The van der Waals surface area contributed by atoms with Gasteiger partial charge in [-0.3, -0.25) is 9.48 Å². The summed E-state index contributed by atoms with van der Waals surface area (Å²) in [6, 6.07) is 4.70. The van der Waals surface area contributed by atoms with E-state index in [-0.39, 0.29) is 11.8 Å². The maximum absolute atomic E-state index is 12.8. The van der Waals surface area contributed by atoms with Crippen molar-refractivity contribution in [1.82, 2.24) is 19.4 Å². The SMILES string of the molecule is Cc1cc(C)n(CC(C)CNC(=O)C2CCCN2S(=O)(=O)c2cccs2)n1. The van der Waals surface area contributed by atoms with E-state index in [1.54, 1.807) is 17.5 Å². The molecule has 2 atom stereocenters. The fraction of sp³-hybridized carbons (Fsp3) is 0.556. The molecule has 0 radical (unpaired) electrons. The van der Waals surface area contributed by atoms with E-state index in [1.807, 2.05) is 31.5 Å². The first-order valence-electron chi connectivity index (χ1n) is 9.13. The zero-order valence-corrected chi connectivity index (χ0v) is 17.5. The lowest BCUT2D eigenvalue weighted by atomic mass is 10.1. The third kappa shape index (κ3) is 4.41. The molecule has 0 aliphatic carbocycles. The van der Waals surface area contributed by atoms with Gasteiger partial charge in [0.1, 0.15) is 10.3 Å². The van der Waals surface area contributed by atoms with Gasteiger partial charge >= 0.3 is 0 Å². The van der Waals surface area contributed by atoms with Gasteiger partial charge < -0.3 is 5.32 Å². The van der Waals surface area contributed by atoms with Gasteiger partial charge in [-0.1, -0.05) is 13.0 Å². The van der Waals surface area contributed by atoms with E-state index >= 15 is 0 Å². The zero-order chi connectivity index (χ0) is 19.6. The Morgan fingerprint density at radius 2 is 2.22 bits per heavy atom. The Bertz CT molecular complexity index is 890. The molecule has 3 heterocycles. The topological polar surface area (TPSA) is 84.3 Å². The monoisotopic (exact) mass is 410 g/mol. The molecule has 2 aromatic rings. The first kappa shape index (κ1) is 20.0. The normalized spacial score (nSPS) is 19.3. The number of hydrogen-bond acceptors (Lipinski definition) is 5. The van der Waals surface area contributed by atoms with Crippen LogP contribution in [0.1, 0.15) is 31.2 Å². The molecular weight excluding hydrogens is 384 g/mol. The van der Waals surface area contributed by atoms with E-state index in [4.69, 9.17) is 0 Å². The van der Waals surface area contributed by atoms with Crippen LogP contribution in [0.25, 0.3) is 0 Å². The molecule has 1 amide bonds. The van der Waals surface area contributed by atoms with E-state index in [2.05, 4.69) is 10.4 Å². The highest BCUT2D eigenvalue weighted by Crippen LogP contribution is 2.28. The number of amides is 1. The van der Waals surface area contributed by atoms with Crippen LogP contribution in [0.4, 0.5) is 0 Å². The molecule has 0 saturated carbocycles. The number of carbonyl (C=O) groups excluding carboxylic acids is 1. The molecule has 27 heavy (non-hydrogen) atoms. The standard InChI is InChI=1S/C18H26N4O3S2/c1-13(12-21-15(3)10-14(2)20-21)11-19-18(23)16-6-4-8-22(16)27(24,25)17-7-5-9-26-17/h5,7,9-10,13,16H,4,6,8,11-12H2,1-3H3,(H,19,23). The van der Waals surface area contributed by atoms with Gasteiger partial charge in [0.25, 0.3) is 10.0 Å². The Balaban J connectivity index is 1.59. The van der Waals surface area contributed by atoms with Crippen LogP contribution >= 0.6 is 11.3 Å². The summed E-state index contributed by atoms with van der Waals surface area (Å²) in [5, 5.41) is 9.12. The van der Waals surface area contributed by atoms with Crippen molar-refractivity contribution in [2.24, 2.45) is 5.92 Å². The Labute approximate surface area is 164 Å². The number of aryl methyl sites for hydroxylation is 2. The smallest absolute Gasteiger partial charge is 0.253 e. The minimum atomic E-state index is -3.60. The minimum Gasteiger partial charge on any atom is -0.354 e. The van der Waals surface area contributed by atoms with Crippen molar-refractivity contribution in [1.29, 1.82) is 0 Å². The Morgan fingerprint density at radius 3 is 2.85 bits per heavy atom. The molecule has 1 aliphatic heterocycles. The molecule has 9 heteroatoms. The second kappa shape index (κ2) is 8.12. The zero-order valence-electron chi connectivity index (χ0n) is 15.9. The van der Waals surface area contributed by atoms with Gasteiger partial charge in [-0.25, -0.2) is 8.42 Å². The highest BCUT2D eigenvalue weighted by atomic mass is 32.2. The third-order valence-corrected chi connectivity index (χ3v) is 8.06. The molecular formula is C18H26N4O3S2. The number of rotatable bonds is 7. The van der Waals surface area contributed by atoms with Crippen molar-refractivity contribution in [3.8, 4) is 0 Å². The molecule has 0 aromatic carbocycles. The lowest BCUT2D eigenvalue weighted by molar-refractivity contribution is -0.124. The number of sulfonamides is 1. The minimum absolute atomic E-state index is 0.190. The van der Waals surface area contributed by atoms with Crippen molar-refractivity contribution < 1.29 is 13.2 Å². The maximum atomic E-state index is 12.8. The number of nitrogens with one attached hydrogen (secondary N) is 1. The number of thiophene rings is 1. The molecule has 1 aliphatic rings. The van der Waals surface area contributed by atoms with Gasteiger partial charge in [0, 0.05) is 25.3 Å². The van der Waals surface area contributed by atoms with Gasteiger partial charge in [0.05, 0.1) is 5.69 Å². The average molecular weight is 411 g/mol. The number of aromatic nitrogens is 2. The van der Waals surface area contributed by atoms with Crippen molar-refractivity contribution >= 4 is 27.3 Å². The quantitative estimate of drug-likeness (QED) is 0.758. The lowest BCUT2D eigenvalue weighted by Gasteiger charge is -2.23. The molecule has 2 unspecified atom stereocenters. The first-order chi connectivity index (χ1) is 12.8. The van der Waals surface area contributed by atoms with Gasteiger partial charge in [-0.2, -0.15) is 9.40 Å². The Morgan fingerprint density at radius 1 is 1.44 bits per heavy atom. The van der Waals surface area contributed by atoms with E-state index < -0.39 is 16.1 Å². The Kier molecular flexibility index (Phi) is 6.02.